The Kier molecular flexibility index (Phi) is 5.95. The fourth-order valence-electron chi connectivity index (χ4n) is 2.62. The van der Waals surface area contributed by atoms with Crippen LogP contribution >= 0.6 is 0 Å². The Morgan fingerprint density at radius 3 is 2.64 bits per heavy atom. The Bertz CT molecular complexity index is 513. The average molecular weight is 303 g/mol. The van der Waals surface area contributed by atoms with Crippen LogP contribution in [0.15, 0.2) is 24.3 Å². The summed E-state index contributed by atoms with van der Waals surface area (Å²) in [4.78, 5) is 25.5. The Morgan fingerprint density at radius 1 is 1.32 bits per heavy atom. The molecular weight excluding hydrogens is 278 g/mol. The molecular formula is C17H25N3O2. The molecule has 1 aliphatic rings. The Morgan fingerprint density at radius 2 is 2.05 bits per heavy atom. The molecule has 1 atom stereocenters. The van der Waals surface area contributed by atoms with Crippen LogP contribution in [0, 0.1) is 0 Å². The summed E-state index contributed by atoms with van der Waals surface area (Å²) in [5.41, 5.74) is 1.72. The number of carbonyl (C=O) groups excluding carboxylic acids is 2. The van der Waals surface area contributed by atoms with Crippen LogP contribution in [0.3, 0.4) is 0 Å². The molecule has 1 aromatic carbocycles. The van der Waals surface area contributed by atoms with Gasteiger partial charge in [-0.3, -0.25) is 9.59 Å². The topological polar surface area (TPSA) is 61.4 Å². The van der Waals surface area contributed by atoms with Crippen molar-refractivity contribution in [1.82, 2.24) is 15.5 Å². The summed E-state index contributed by atoms with van der Waals surface area (Å²) < 4.78 is 0. The largest absolute Gasteiger partial charge is 0.350 e. The van der Waals surface area contributed by atoms with E-state index in [9.17, 15) is 9.59 Å². The van der Waals surface area contributed by atoms with Gasteiger partial charge in [0, 0.05) is 37.7 Å². The van der Waals surface area contributed by atoms with E-state index in [1.54, 1.807) is 0 Å². The molecule has 0 aromatic heterocycles. The summed E-state index contributed by atoms with van der Waals surface area (Å²) in [6.07, 6.45) is 1.60. The number of rotatable bonds is 7. The number of nitrogens with one attached hydrogen (secondary N) is 2. The molecule has 1 fully saturated rings. The van der Waals surface area contributed by atoms with E-state index in [0.29, 0.717) is 25.1 Å². The van der Waals surface area contributed by atoms with Gasteiger partial charge in [0.25, 0.3) is 5.91 Å². The molecule has 0 bridgehead atoms. The molecule has 2 N–H and O–H groups in total. The summed E-state index contributed by atoms with van der Waals surface area (Å²) in [6, 6.07) is 7.75. The van der Waals surface area contributed by atoms with Crippen molar-refractivity contribution in [2.45, 2.75) is 39.3 Å². The highest BCUT2D eigenvalue weighted by molar-refractivity contribution is 5.94. The number of hydrogen-bond acceptors (Lipinski definition) is 3. The molecule has 5 heteroatoms. The third kappa shape index (κ3) is 4.56. The van der Waals surface area contributed by atoms with Crippen LogP contribution in [0.25, 0.3) is 0 Å². The van der Waals surface area contributed by atoms with Gasteiger partial charge in [0.05, 0.1) is 0 Å². The highest BCUT2D eigenvalue weighted by atomic mass is 16.2. The zero-order valence-corrected chi connectivity index (χ0v) is 13.4. The molecule has 1 saturated heterocycles. The number of likely N-dealkylation sites (tertiary alicyclic amines) is 1. The van der Waals surface area contributed by atoms with Gasteiger partial charge in [0.2, 0.25) is 5.91 Å². The van der Waals surface area contributed by atoms with Crippen molar-refractivity contribution in [3.8, 4) is 0 Å². The van der Waals surface area contributed by atoms with Crippen LogP contribution in [-0.2, 0) is 11.3 Å². The van der Waals surface area contributed by atoms with Gasteiger partial charge < -0.3 is 15.5 Å². The van der Waals surface area contributed by atoms with E-state index in [-0.39, 0.29) is 17.9 Å². The fraction of sp³-hybridized carbons (Fsp3) is 0.529. The van der Waals surface area contributed by atoms with Crippen molar-refractivity contribution in [3.05, 3.63) is 35.4 Å². The van der Waals surface area contributed by atoms with E-state index in [1.807, 2.05) is 43.0 Å². The lowest BCUT2D eigenvalue weighted by Gasteiger charge is -2.16. The van der Waals surface area contributed by atoms with Crippen molar-refractivity contribution < 1.29 is 9.59 Å². The second kappa shape index (κ2) is 7.94. The van der Waals surface area contributed by atoms with Gasteiger partial charge >= 0.3 is 0 Å². The molecule has 0 radical (unpaired) electrons. The molecule has 0 aliphatic carbocycles. The monoisotopic (exact) mass is 303 g/mol. The summed E-state index contributed by atoms with van der Waals surface area (Å²) in [6.45, 7) is 7.06. The third-order valence-electron chi connectivity index (χ3n) is 3.88. The minimum atomic E-state index is -0.0615. The fourth-order valence-corrected chi connectivity index (χ4v) is 2.62. The molecule has 0 spiro atoms. The Labute approximate surface area is 132 Å². The average Bonchev–Trinajstić information content (AvgIpc) is 2.91. The maximum absolute atomic E-state index is 12.1. The molecule has 120 valence electrons. The number of amides is 2. The molecule has 1 heterocycles. The van der Waals surface area contributed by atoms with Gasteiger partial charge in [-0.1, -0.05) is 19.1 Å². The van der Waals surface area contributed by atoms with Crippen molar-refractivity contribution in [3.63, 3.8) is 0 Å². The second-order valence-electron chi connectivity index (χ2n) is 5.78. The predicted octanol–water partition coefficient (Wildman–Crippen LogP) is 1.54. The van der Waals surface area contributed by atoms with Gasteiger partial charge in [-0.05, 0) is 37.6 Å². The van der Waals surface area contributed by atoms with Gasteiger partial charge in [-0.25, -0.2) is 0 Å². The van der Waals surface area contributed by atoms with Crippen LogP contribution in [-0.4, -0.2) is 42.4 Å². The van der Waals surface area contributed by atoms with E-state index in [0.717, 1.165) is 25.1 Å². The number of carbonyl (C=O) groups is 2. The van der Waals surface area contributed by atoms with Crippen molar-refractivity contribution in [1.29, 1.82) is 0 Å². The summed E-state index contributed by atoms with van der Waals surface area (Å²) in [5, 5.41) is 6.17. The van der Waals surface area contributed by atoms with E-state index < -0.39 is 0 Å². The molecule has 0 unspecified atom stereocenters. The van der Waals surface area contributed by atoms with Crippen molar-refractivity contribution in [2.75, 3.05) is 19.6 Å². The van der Waals surface area contributed by atoms with Crippen LogP contribution in [0.5, 0.6) is 0 Å². The molecule has 22 heavy (non-hydrogen) atoms. The Hall–Kier alpha value is -1.88. The first-order chi connectivity index (χ1) is 10.6. The molecule has 1 aliphatic heterocycles. The van der Waals surface area contributed by atoms with Crippen LogP contribution in [0.2, 0.25) is 0 Å². The lowest BCUT2D eigenvalue weighted by Crippen LogP contribution is -2.38. The maximum atomic E-state index is 12.1. The first-order valence-electron chi connectivity index (χ1n) is 7.98. The first kappa shape index (κ1) is 16.5. The molecule has 1 aromatic rings. The minimum Gasteiger partial charge on any atom is -0.350 e. The van der Waals surface area contributed by atoms with Gasteiger partial charge in [0.1, 0.15) is 0 Å². The van der Waals surface area contributed by atoms with Crippen LogP contribution in [0.4, 0.5) is 0 Å². The molecule has 5 nitrogen and oxygen atoms in total. The minimum absolute atomic E-state index is 0.0615. The van der Waals surface area contributed by atoms with E-state index in [1.165, 1.54) is 0 Å². The summed E-state index contributed by atoms with van der Waals surface area (Å²) >= 11 is 0. The highest BCUT2D eigenvalue weighted by Crippen LogP contribution is 2.14. The molecule has 2 rings (SSSR count). The zero-order chi connectivity index (χ0) is 15.9. The van der Waals surface area contributed by atoms with E-state index in [4.69, 9.17) is 0 Å². The number of likely N-dealkylation sites (N-methyl/N-ethyl adjacent to an activating group) is 1. The molecule has 0 saturated carbocycles. The predicted molar refractivity (Wildman–Crippen MR) is 86.6 cm³/mol. The quantitative estimate of drug-likeness (QED) is 0.803. The van der Waals surface area contributed by atoms with E-state index >= 15 is 0 Å². The Balaban J connectivity index is 1.85. The SMILES string of the molecule is CCN[C@H](C)CNC(=O)c1ccc(CN2CCCC2=O)cc1. The number of hydrogen-bond donors (Lipinski definition) is 2. The zero-order valence-electron chi connectivity index (χ0n) is 13.4. The second-order valence-corrected chi connectivity index (χ2v) is 5.78. The lowest BCUT2D eigenvalue weighted by molar-refractivity contribution is -0.128. The smallest absolute Gasteiger partial charge is 0.251 e. The molecule has 2 amide bonds. The number of benzene rings is 1. The van der Waals surface area contributed by atoms with Gasteiger partial charge in [-0.15, -0.1) is 0 Å². The van der Waals surface area contributed by atoms with Crippen LogP contribution < -0.4 is 10.6 Å². The lowest BCUT2D eigenvalue weighted by atomic mass is 10.1. The van der Waals surface area contributed by atoms with Gasteiger partial charge in [0.15, 0.2) is 0 Å². The number of nitrogens with zero attached hydrogens (tertiary/aromatic N) is 1. The third-order valence-corrected chi connectivity index (χ3v) is 3.88. The maximum Gasteiger partial charge on any atom is 0.251 e. The van der Waals surface area contributed by atoms with E-state index in [2.05, 4.69) is 10.6 Å². The van der Waals surface area contributed by atoms with Crippen LogP contribution in [0.1, 0.15) is 42.6 Å². The van der Waals surface area contributed by atoms with Gasteiger partial charge in [-0.2, -0.15) is 0 Å². The first-order valence-corrected chi connectivity index (χ1v) is 7.98. The van der Waals surface area contributed by atoms with Crippen molar-refractivity contribution >= 4 is 11.8 Å². The summed E-state index contributed by atoms with van der Waals surface area (Å²) in [7, 11) is 0. The highest BCUT2D eigenvalue weighted by Gasteiger charge is 2.19. The van der Waals surface area contributed by atoms with Crippen molar-refractivity contribution in [2.24, 2.45) is 0 Å². The standard InChI is InChI=1S/C17H25N3O2/c1-3-18-13(2)11-19-17(22)15-8-6-14(7-9-15)12-20-10-4-5-16(20)21/h6-9,13,18H,3-5,10-12H2,1-2H3,(H,19,22)/t13-/m1/s1. The normalized spacial score (nSPS) is 15.9. The summed E-state index contributed by atoms with van der Waals surface area (Å²) in [5.74, 6) is 0.160.